The van der Waals surface area contributed by atoms with E-state index >= 15 is 0 Å². The van der Waals surface area contributed by atoms with E-state index < -0.39 is 0 Å². The van der Waals surface area contributed by atoms with Crippen molar-refractivity contribution in [2.24, 2.45) is 5.92 Å². The fraction of sp³-hybridized carbons (Fsp3) is 0.786. The number of nitrogens with one attached hydrogen (secondary N) is 1. The molecular formula is C14H25N3. The van der Waals surface area contributed by atoms with Crippen LogP contribution in [0, 0.1) is 5.92 Å². The fourth-order valence-electron chi connectivity index (χ4n) is 2.83. The van der Waals surface area contributed by atoms with Crippen LogP contribution in [0.3, 0.4) is 0 Å². The molecule has 0 radical (unpaired) electrons. The molecule has 0 bridgehead atoms. The third kappa shape index (κ3) is 3.32. The minimum absolute atomic E-state index is 0.629. The van der Waals surface area contributed by atoms with E-state index in [2.05, 4.69) is 34.9 Å². The van der Waals surface area contributed by atoms with Crippen LogP contribution in [0.2, 0.25) is 0 Å². The van der Waals surface area contributed by atoms with Crippen molar-refractivity contribution in [2.75, 3.05) is 0 Å². The summed E-state index contributed by atoms with van der Waals surface area (Å²) >= 11 is 0. The Morgan fingerprint density at radius 1 is 1.47 bits per heavy atom. The summed E-state index contributed by atoms with van der Waals surface area (Å²) in [6.07, 6.45) is 10.8. The van der Waals surface area contributed by atoms with Gasteiger partial charge in [0.15, 0.2) is 0 Å². The smallest absolute Gasteiger partial charge is 0.122 e. The summed E-state index contributed by atoms with van der Waals surface area (Å²) in [5.74, 6) is 2.06. The molecule has 1 aromatic rings. The second-order valence-electron chi connectivity index (χ2n) is 5.25. The van der Waals surface area contributed by atoms with Gasteiger partial charge < -0.3 is 9.88 Å². The van der Waals surface area contributed by atoms with Crippen molar-refractivity contribution < 1.29 is 0 Å². The zero-order valence-electron chi connectivity index (χ0n) is 11.2. The number of hydrogen-bond donors (Lipinski definition) is 1. The second kappa shape index (κ2) is 6.20. The summed E-state index contributed by atoms with van der Waals surface area (Å²) in [5.41, 5.74) is 0. The highest BCUT2D eigenvalue weighted by Crippen LogP contribution is 2.27. The molecule has 1 saturated carbocycles. The normalized spacial score (nSPS) is 18.7. The average Bonchev–Trinajstić information content (AvgIpc) is 2.97. The lowest BCUT2D eigenvalue weighted by molar-refractivity contribution is 0.374. The molecule has 1 aliphatic rings. The zero-order chi connectivity index (χ0) is 12.1. The molecule has 1 aliphatic carbocycles. The van der Waals surface area contributed by atoms with Crippen molar-refractivity contribution in [1.29, 1.82) is 0 Å². The maximum absolute atomic E-state index is 4.43. The lowest BCUT2D eigenvalue weighted by Gasteiger charge is -2.20. The van der Waals surface area contributed by atoms with Crippen molar-refractivity contribution in [2.45, 2.75) is 65.1 Å². The van der Waals surface area contributed by atoms with E-state index in [4.69, 9.17) is 0 Å². The highest BCUT2D eigenvalue weighted by atomic mass is 15.1. The minimum Gasteiger partial charge on any atom is -0.334 e. The first-order valence-corrected chi connectivity index (χ1v) is 7.04. The number of nitrogens with zero attached hydrogens (tertiary/aromatic N) is 2. The lowest BCUT2D eigenvalue weighted by atomic mass is 10.00. The average molecular weight is 235 g/mol. The van der Waals surface area contributed by atoms with Crippen LogP contribution in [-0.2, 0) is 13.1 Å². The molecule has 1 N–H and O–H groups in total. The van der Waals surface area contributed by atoms with Gasteiger partial charge in [-0.25, -0.2) is 4.98 Å². The highest BCUT2D eigenvalue weighted by molar-refractivity contribution is 4.92. The van der Waals surface area contributed by atoms with E-state index in [0.717, 1.165) is 19.0 Å². The molecule has 17 heavy (non-hydrogen) atoms. The Kier molecular flexibility index (Phi) is 4.60. The molecule has 1 fully saturated rings. The third-order valence-corrected chi connectivity index (χ3v) is 3.96. The lowest BCUT2D eigenvalue weighted by Crippen LogP contribution is -2.32. The summed E-state index contributed by atoms with van der Waals surface area (Å²) in [5, 5.41) is 3.64. The summed E-state index contributed by atoms with van der Waals surface area (Å²) < 4.78 is 2.26. The van der Waals surface area contributed by atoms with Crippen LogP contribution in [-0.4, -0.2) is 15.6 Å². The molecule has 0 aliphatic heterocycles. The van der Waals surface area contributed by atoms with Gasteiger partial charge in [-0.05, 0) is 32.1 Å². The standard InChI is InChI=1S/C14H25N3/c1-3-9-17-10-8-15-14(17)11-16-12(2)13-6-4-5-7-13/h8,10,12-13,16H,3-7,9,11H2,1-2H3/t12-/m0/s1. The molecule has 0 aromatic carbocycles. The minimum atomic E-state index is 0.629. The Balaban J connectivity index is 1.81. The van der Waals surface area contributed by atoms with Gasteiger partial charge in [-0.1, -0.05) is 19.8 Å². The highest BCUT2D eigenvalue weighted by Gasteiger charge is 2.21. The van der Waals surface area contributed by atoms with Crippen molar-refractivity contribution >= 4 is 0 Å². The molecule has 1 atom stereocenters. The predicted octanol–water partition coefficient (Wildman–Crippen LogP) is 2.96. The summed E-state index contributed by atoms with van der Waals surface area (Å²) in [4.78, 5) is 4.43. The molecule has 0 unspecified atom stereocenters. The topological polar surface area (TPSA) is 29.9 Å². The van der Waals surface area contributed by atoms with Gasteiger partial charge in [-0.15, -0.1) is 0 Å². The largest absolute Gasteiger partial charge is 0.334 e. The first-order chi connectivity index (χ1) is 8.31. The van der Waals surface area contributed by atoms with Crippen molar-refractivity contribution in [3.8, 4) is 0 Å². The molecule has 3 heteroatoms. The Morgan fingerprint density at radius 3 is 2.94 bits per heavy atom. The van der Waals surface area contributed by atoms with E-state index in [1.54, 1.807) is 0 Å². The molecule has 0 saturated heterocycles. The van der Waals surface area contributed by atoms with Crippen LogP contribution in [0.4, 0.5) is 0 Å². The van der Waals surface area contributed by atoms with Crippen LogP contribution in [0.15, 0.2) is 12.4 Å². The third-order valence-electron chi connectivity index (χ3n) is 3.96. The Hall–Kier alpha value is -0.830. The molecule has 1 heterocycles. The number of aryl methyl sites for hydroxylation is 1. The number of rotatable bonds is 6. The van der Waals surface area contributed by atoms with Crippen LogP contribution < -0.4 is 5.32 Å². The van der Waals surface area contributed by atoms with E-state index in [0.29, 0.717) is 6.04 Å². The Morgan fingerprint density at radius 2 is 2.24 bits per heavy atom. The van der Waals surface area contributed by atoms with E-state index in [1.165, 1.54) is 37.9 Å². The van der Waals surface area contributed by atoms with E-state index in [1.807, 2.05) is 6.20 Å². The summed E-state index contributed by atoms with van der Waals surface area (Å²) in [6.45, 7) is 6.51. The van der Waals surface area contributed by atoms with Gasteiger partial charge in [0.25, 0.3) is 0 Å². The van der Waals surface area contributed by atoms with E-state index in [9.17, 15) is 0 Å². The van der Waals surface area contributed by atoms with Gasteiger partial charge >= 0.3 is 0 Å². The Labute approximate surface area is 105 Å². The zero-order valence-corrected chi connectivity index (χ0v) is 11.2. The fourth-order valence-corrected chi connectivity index (χ4v) is 2.83. The van der Waals surface area contributed by atoms with Crippen molar-refractivity contribution in [3.63, 3.8) is 0 Å². The molecule has 1 aromatic heterocycles. The molecular weight excluding hydrogens is 210 g/mol. The Bertz CT molecular complexity index is 326. The second-order valence-corrected chi connectivity index (χ2v) is 5.25. The van der Waals surface area contributed by atoms with Gasteiger partial charge in [0, 0.05) is 25.0 Å². The van der Waals surface area contributed by atoms with Crippen LogP contribution >= 0.6 is 0 Å². The first-order valence-electron chi connectivity index (χ1n) is 7.04. The van der Waals surface area contributed by atoms with Gasteiger partial charge in [0.05, 0.1) is 6.54 Å². The van der Waals surface area contributed by atoms with E-state index in [-0.39, 0.29) is 0 Å². The monoisotopic (exact) mass is 235 g/mol. The van der Waals surface area contributed by atoms with Crippen LogP contribution in [0.25, 0.3) is 0 Å². The van der Waals surface area contributed by atoms with Crippen molar-refractivity contribution in [1.82, 2.24) is 14.9 Å². The van der Waals surface area contributed by atoms with Gasteiger partial charge in [0.2, 0.25) is 0 Å². The van der Waals surface area contributed by atoms with Crippen LogP contribution in [0.5, 0.6) is 0 Å². The maximum atomic E-state index is 4.43. The summed E-state index contributed by atoms with van der Waals surface area (Å²) in [7, 11) is 0. The maximum Gasteiger partial charge on any atom is 0.122 e. The number of aromatic nitrogens is 2. The molecule has 0 spiro atoms. The molecule has 96 valence electrons. The first kappa shape index (κ1) is 12.6. The molecule has 2 rings (SSSR count). The predicted molar refractivity (Wildman–Crippen MR) is 70.8 cm³/mol. The van der Waals surface area contributed by atoms with Gasteiger partial charge in [-0.3, -0.25) is 0 Å². The quantitative estimate of drug-likeness (QED) is 0.821. The van der Waals surface area contributed by atoms with Gasteiger partial charge in [-0.2, -0.15) is 0 Å². The SMILES string of the molecule is CCCn1ccnc1CN[C@@H](C)C1CCCC1. The van der Waals surface area contributed by atoms with Crippen LogP contribution in [0.1, 0.15) is 51.8 Å². The number of imidazole rings is 1. The van der Waals surface area contributed by atoms with Crippen molar-refractivity contribution in [3.05, 3.63) is 18.2 Å². The summed E-state index contributed by atoms with van der Waals surface area (Å²) in [6, 6.07) is 0.629. The number of hydrogen-bond acceptors (Lipinski definition) is 2. The van der Waals surface area contributed by atoms with Gasteiger partial charge in [0.1, 0.15) is 5.82 Å². The molecule has 3 nitrogen and oxygen atoms in total. The molecule has 0 amide bonds.